The SMILES string of the molecule is C(=Cc1ncco1)c1ccccn1. The van der Waals surface area contributed by atoms with Crippen LogP contribution in [0.3, 0.4) is 0 Å². The fourth-order valence-corrected chi connectivity index (χ4v) is 0.948. The van der Waals surface area contributed by atoms with E-state index in [9.17, 15) is 0 Å². The number of oxazole rings is 1. The van der Waals surface area contributed by atoms with E-state index in [-0.39, 0.29) is 0 Å². The molecule has 2 aromatic heterocycles. The lowest BCUT2D eigenvalue weighted by molar-refractivity contribution is 0.547. The molecule has 0 aliphatic heterocycles. The Kier molecular flexibility index (Phi) is 2.18. The molecule has 13 heavy (non-hydrogen) atoms. The van der Waals surface area contributed by atoms with Gasteiger partial charge in [0.15, 0.2) is 0 Å². The fourth-order valence-electron chi connectivity index (χ4n) is 0.948. The van der Waals surface area contributed by atoms with Gasteiger partial charge in [0.05, 0.1) is 11.9 Å². The Morgan fingerprint density at radius 1 is 1.08 bits per heavy atom. The van der Waals surface area contributed by atoms with E-state index in [4.69, 9.17) is 4.42 Å². The summed E-state index contributed by atoms with van der Waals surface area (Å²) in [6.07, 6.45) is 8.53. The Bertz CT molecular complexity index is 379. The summed E-state index contributed by atoms with van der Waals surface area (Å²) in [7, 11) is 0. The molecule has 0 aliphatic rings. The van der Waals surface area contributed by atoms with Crippen molar-refractivity contribution in [3.05, 3.63) is 48.4 Å². The van der Waals surface area contributed by atoms with Gasteiger partial charge in [-0.25, -0.2) is 4.98 Å². The predicted octanol–water partition coefficient (Wildman–Crippen LogP) is 2.24. The molecule has 3 nitrogen and oxygen atoms in total. The molecule has 0 atom stereocenters. The van der Waals surface area contributed by atoms with Gasteiger partial charge in [0.25, 0.3) is 0 Å². The first-order chi connectivity index (χ1) is 6.45. The Morgan fingerprint density at radius 2 is 2.08 bits per heavy atom. The van der Waals surface area contributed by atoms with Crippen LogP contribution < -0.4 is 0 Å². The molecule has 0 fully saturated rings. The molecular weight excluding hydrogens is 164 g/mol. The Balaban J connectivity index is 2.15. The van der Waals surface area contributed by atoms with Crippen LogP contribution in [0.4, 0.5) is 0 Å². The number of pyridine rings is 1. The highest BCUT2D eigenvalue weighted by atomic mass is 16.3. The van der Waals surface area contributed by atoms with Crippen LogP contribution in [-0.2, 0) is 0 Å². The number of nitrogens with zero attached hydrogens (tertiary/aromatic N) is 2. The lowest BCUT2D eigenvalue weighted by Crippen LogP contribution is -1.76. The van der Waals surface area contributed by atoms with Gasteiger partial charge in [0.2, 0.25) is 5.89 Å². The van der Waals surface area contributed by atoms with Gasteiger partial charge in [-0.05, 0) is 18.2 Å². The maximum atomic E-state index is 5.03. The van der Waals surface area contributed by atoms with Crippen molar-refractivity contribution in [2.45, 2.75) is 0 Å². The maximum absolute atomic E-state index is 5.03. The molecular formula is C10H8N2O. The van der Waals surface area contributed by atoms with Crippen molar-refractivity contribution in [3.63, 3.8) is 0 Å². The third-order valence-electron chi connectivity index (χ3n) is 1.54. The van der Waals surface area contributed by atoms with Gasteiger partial charge in [0, 0.05) is 12.3 Å². The summed E-state index contributed by atoms with van der Waals surface area (Å²) in [4.78, 5) is 8.07. The quantitative estimate of drug-likeness (QED) is 0.697. The molecule has 0 saturated heterocycles. The number of hydrogen-bond acceptors (Lipinski definition) is 3. The number of hydrogen-bond donors (Lipinski definition) is 0. The zero-order valence-corrected chi connectivity index (χ0v) is 6.92. The molecule has 0 unspecified atom stereocenters. The Hall–Kier alpha value is -1.90. The summed E-state index contributed by atoms with van der Waals surface area (Å²) >= 11 is 0. The van der Waals surface area contributed by atoms with Crippen molar-refractivity contribution in [1.29, 1.82) is 0 Å². The smallest absolute Gasteiger partial charge is 0.218 e. The summed E-state index contributed by atoms with van der Waals surface area (Å²) < 4.78 is 5.03. The van der Waals surface area contributed by atoms with Gasteiger partial charge in [-0.15, -0.1) is 0 Å². The summed E-state index contributed by atoms with van der Waals surface area (Å²) in [5, 5.41) is 0. The average Bonchev–Trinajstić information content (AvgIpc) is 2.69. The molecule has 0 bridgehead atoms. The second kappa shape index (κ2) is 3.67. The standard InChI is InChI=1S/C10H8N2O/c1-2-6-11-9(3-1)4-5-10-12-7-8-13-10/h1-8H. The third kappa shape index (κ3) is 2.02. The minimum atomic E-state index is 0.589. The van der Waals surface area contributed by atoms with Crippen molar-refractivity contribution >= 4 is 12.2 Å². The zero-order valence-electron chi connectivity index (χ0n) is 6.92. The van der Waals surface area contributed by atoms with Gasteiger partial charge < -0.3 is 4.42 Å². The van der Waals surface area contributed by atoms with Crippen LogP contribution in [0.2, 0.25) is 0 Å². The molecule has 0 spiro atoms. The van der Waals surface area contributed by atoms with Crippen LogP contribution in [-0.4, -0.2) is 9.97 Å². The first-order valence-electron chi connectivity index (χ1n) is 3.94. The van der Waals surface area contributed by atoms with Crippen molar-refractivity contribution in [2.75, 3.05) is 0 Å². The van der Waals surface area contributed by atoms with Crippen LogP contribution in [0, 0.1) is 0 Å². The lowest BCUT2D eigenvalue weighted by atomic mass is 10.3. The summed E-state index contributed by atoms with van der Waals surface area (Å²) in [6, 6.07) is 5.73. The van der Waals surface area contributed by atoms with Crippen LogP contribution in [0.1, 0.15) is 11.6 Å². The predicted molar refractivity (Wildman–Crippen MR) is 49.7 cm³/mol. The second-order valence-electron chi connectivity index (χ2n) is 2.46. The number of aromatic nitrogens is 2. The molecule has 3 heteroatoms. The molecule has 2 heterocycles. The summed E-state index contributed by atoms with van der Waals surface area (Å²) in [5.41, 5.74) is 0.890. The van der Waals surface area contributed by atoms with Crippen LogP contribution in [0.5, 0.6) is 0 Å². The topological polar surface area (TPSA) is 38.9 Å². The van der Waals surface area contributed by atoms with Gasteiger partial charge in [0.1, 0.15) is 6.26 Å². The largest absolute Gasteiger partial charge is 0.445 e. The van der Waals surface area contributed by atoms with E-state index < -0.39 is 0 Å². The lowest BCUT2D eigenvalue weighted by Gasteiger charge is -1.87. The highest BCUT2D eigenvalue weighted by Crippen LogP contribution is 2.02. The molecule has 2 rings (SSSR count). The van der Waals surface area contributed by atoms with Crippen molar-refractivity contribution in [1.82, 2.24) is 9.97 Å². The molecule has 0 saturated carbocycles. The van der Waals surface area contributed by atoms with Gasteiger partial charge in [-0.3, -0.25) is 4.98 Å². The normalized spacial score (nSPS) is 10.8. The Morgan fingerprint density at radius 3 is 2.77 bits per heavy atom. The monoisotopic (exact) mass is 172 g/mol. The molecule has 0 N–H and O–H groups in total. The Labute approximate surface area is 75.8 Å². The highest BCUT2D eigenvalue weighted by molar-refractivity contribution is 5.63. The van der Waals surface area contributed by atoms with Gasteiger partial charge in [-0.1, -0.05) is 6.07 Å². The molecule has 0 aliphatic carbocycles. The van der Waals surface area contributed by atoms with E-state index in [1.807, 2.05) is 24.3 Å². The van der Waals surface area contributed by atoms with Gasteiger partial charge >= 0.3 is 0 Å². The molecule has 2 aromatic rings. The zero-order chi connectivity index (χ0) is 8.93. The minimum Gasteiger partial charge on any atom is -0.445 e. The summed E-state index contributed by atoms with van der Waals surface area (Å²) in [6.45, 7) is 0. The van der Waals surface area contributed by atoms with E-state index in [2.05, 4.69) is 9.97 Å². The van der Waals surface area contributed by atoms with E-state index in [1.165, 1.54) is 6.26 Å². The van der Waals surface area contributed by atoms with Crippen LogP contribution >= 0.6 is 0 Å². The van der Waals surface area contributed by atoms with Crippen molar-refractivity contribution in [3.8, 4) is 0 Å². The minimum absolute atomic E-state index is 0.589. The van der Waals surface area contributed by atoms with Crippen LogP contribution in [0.25, 0.3) is 12.2 Å². The molecule has 0 radical (unpaired) electrons. The first-order valence-corrected chi connectivity index (χ1v) is 3.94. The van der Waals surface area contributed by atoms with E-state index >= 15 is 0 Å². The van der Waals surface area contributed by atoms with E-state index in [0.717, 1.165) is 5.69 Å². The second-order valence-corrected chi connectivity index (χ2v) is 2.46. The van der Waals surface area contributed by atoms with Gasteiger partial charge in [-0.2, -0.15) is 0 Å². The van der Waals surface area contributed by atoms with Crippen molar-refractivity contribution in [2.24, 2.45) is 0 Å². The fraction of sp³-hybridized carbons (Fsp3) is 0. The first kappa shape index (κ1) is 7.73. The van der Waals surface area contributed by atoms with Crippen molar-refractivity contribution < 1.29 is 4.42 Å². The number of rotatable bonds is 2. The average molecular weight is 172 g/mol. The third-order valence-corrected chi connectivity index (χ3v) is 1.54. The molecule has 0 amide bonds. The molecule has 0 aromatic carbocycles. The molecule has 64 valence electrons. The van der Waals surface area contributed by atoms with E-state index in [0.29, 0.717) is 5.89 Å². The van der Waals surface area contributed by atoms with Crippen LogP contribution in [0.15, 0.2) is 41.3 Å². The maximum Gasteiger partial charge on any atom is 0.218 e. The summed E-state index contributed by atoms with van der Waals surface area (Å²) in [5.74, 6) is 0.589. The highest BCUT2D eigenvalue weighted by Gasteiger charge is 1.89. The van der Waals surface area contributed by atoms with E-state index in [1.54, 1.807) is 18.5 Å².